The van der Waals surface area contributed by atoms with Crippen LogP contribution in [0, 0.1) is 6.92 Å². The van der Waals surface area contributed by atoms with Gasteiger partial charge in [0.2, 0.25) is 11.8 Å². The van der Waals surface area contributed by atoms with Gasteiger partial charge in [0.1, 0.15) is 6.04 Å². The maximum absolute atomic E-state index is 13.2. The van der Waals surface area contributed by atoms with Crippen LogP contribution in [0.2, 0.25) is 0 Å². The van der Waals surface area contributed by atoms with Gasteiger partial charge in [-0.3, -0.25) is 19.3 Å². The second kappa shape index (κ2) is 12.3. The van der Waals surface area contributed by atoms with Crippen molar-refractivity contribution in [3.8, 4) is 0 Å². The van der Waals surface area contributed by atoms with Crippen molar-refractivity contribution in [3.63, 3.8) is 0 Å². The number of hydrogen-bond acceptors (Lipinski definition) is 5. The van der Waals surface area contributed by atoms with Crippen LogP contribution in [0.15, 0.2) is 24.3 Å². The van der Waals surface area contributed by atoms with Crippen molar-refractivity contribution in [3.05, 3.63) is 35.4 Å². The molecule has 3 rings (SSSR count). The summed E-state index contributed by atoms with van der Waals surface area (Å²) in [5.41, 5.74) is 1.59. The first-order valence-corrected chi connectivity index (χ1v) is 13.0. The molecule has 2 fully saturated rings. The number of aryl methyl sites for hydroxylation is 1. The Morgan fingerprint density at radius 3 is 2.38 bits per heavy atom. The van der Waals surface area contributed by atoms with E-state index in [4.69, 9.17) is 0 Å². The van der Waals surface area contributed by atoms with Crippen LogP contribution < -0.4 is 5.32 Å². The molecule has 2 aliphatic rings. The van der Waals surface area contributed by atoms with E-state index in [1.165, 1.54) is 6.42 Å². The van der Waals surface area contributed by atoms with Gasteiger partial charge in [0, 0.05) is 44.8 Å². The number of carbonyl (C=O) groups excluding carboxylic acids is 3. The van der Waals surface area contributed by atoms with E-state index in [9.17, 15) is 14.4 Å². The molecule has 3 amide bonds. The molecule has 1 aromatic rings. The molecule has 0 radical (unpaired) electrons. The number of likely N-dealkylation sites (tertiary alicyclic amines) is 1. The van der Waals surface area contributed by atoms with Gasteiger partial charge in [-0.2, -0.15) is 11.8 Å². The number of amides is 3. The number of benzene rings is 1. The van der Waals surface area contributed by atoms with Gasteiger partial charge in [0.15, 0.2) is 0 Å². The zero-order valence-electron chi connectivity index (χ0n) is 19.3. The van der Waals surface area contributed by atoms with Crippen LogP contribution in [-0.2, 0) is 9.59 Å². The van der Waals surface area contributed by atoms with Crippen molar-refractivity contribution in [1.29, 1.82) is 0 Å². The second-order valence-corrected chi connectivity index (χ2v) is 9.71. The third-order valence-corrected chi connectivity index (χ3v) is 6.89. The van der Waals surface area contributed by atoms with Gasteiger partial charge in [-0.25, -0.2) is 0 Å². The third-order valence-electron chi connectivity index (χ3n) is 6.25. The van der Waals surface area contributed by atoms with Gasteiger partial charge in [-0.05, 0) is 56.7 Å². The largest absolute Gasteiger partial charge is 0.342 e. The monoisotopic (exact) mass is 460 g/mol. The molecule has 2 aliphatic heterocycles. The van der Waals surface area contributed by atoms with E-state index in [0.29, 0.717) is 44.7 Å². The molecule has 176 valence electrons. The van der Waals surface area contributed by atoms with E-state index in [0.717, 1.165) is 37.2 Å². The van der Waals surface area contributed by atoms with Crippen molar-refractivity contribution >= 4 is 29.5 Å². The highest BCUT2D eigenvalue weighted by Crippen LogP contribution is 2.12. The molecule has 1 aromatic carbocycles. The summed E-state index contributed by atoms with van der Waals surface area (Å²) >= 11 is 1.67. The average Bonchev–Trinajstić information content (AvgIpc) is 2.82. The molecular formula is C24H36N4O3S. The van der Waals surface area contributed by atoms with Crippen LogP contribution in [0.4, 0.5) is 0 Å². The summed E-state index contributed by atoms with van der Waals surface area (Å²) in [6, 6.07) is 6.88. The molecule has 32 heavy (non-hydrogen) atoms. The molecule has 0 spiro atoms. The standard InChI is InChI=1S/C24H36N4O3S/c1-19-7-6-8-20(17-19)23(30)25-21(9-16-32-2)24(31)28-14-12-26(13-15-28)18-22(29)27-10-4-3-5-11-27/h6-8,17,21H,3-5,9-16,18H2,1-2H3,(H,25,30). The third kappa shape index (κ3) is 6.97. The van der Waals surface area contributed by atoms with Gasteiger partial charge in [0.25, 0.3) is 5.91 Å². The Labute approximate surface area is 195 Å². The summed E-state index contributed by atoms with van der Waals surface area (Å²) in [5.74, 6) is 0.767. The van der Waals surface area contributed by atoms with Gasteiger partial charge in [-0.15, -0.1) is 0 Å². The number of nitrogens with one attached hydrogen (secondary N) is 1. The zero-order chi connectivity index (χ0) is 22.9. The number of hydrogen-bond donors (Lipinski definition) is 1. The maximum atomic E-state index is 13.2. The Balaban J connectivity index is 1.52. The molecule has 0 bridgehead atoms. The molecule has 1 N–H and O–H groups in total. The lowest BCUT2D eigenvalue weighted by atomic mass is 10.1. The van der Waals surface area contributed by atoms with Gasteiger partial charge in [0.05, 0.1) is 6.54 Å². The summed E-state index contributed by atoms with van der Waals surface area (Å²) in [5, 5.41) is 2.96. The molecule has 2 heterocycles. The molecule has 8 heteroatoms. The lowest BCUT2D eigenvalue weighted by Crippen LogP contribution is -2.56. The minimum atomic E-state index is -0.531. The first kappa shape index (κ1) is 24.6. The quantitative estimate of drug-likeness (QED) is 0.643. The topological polar surface area (TPSA) is 73.0 Å². The van der Waals surface area contributed by atoms with Crippen LogP contribution in [-0.4, -0.2) is 96.3 Å². The van der Waals surface area contributed by atoms with Crippen molar-refractivity contribution < 1.29 is 14.4 Å². The van der Waals surface area contributed by atoms with E-state index >= 15 is 0 Å². The molecule has 0 saturated carbocycles. The molecule has 1 atom stereocenters. The summed E-state index contributed by atoms with van der Waals surface area (Å²) in [7, 11) is 0. The minimum absolute atomic E-state index is 0.0259. The Hall–Kier alpha value is -2.06. The molecule has 0 aromatic heterocycles. The molecular weight excluding hydrogens is 424 g/mol. The highest BCUT2D eigenvalue weighted by Gasteiger charge is 2.30. The van der Waals surface area contributed by atoms with Gasteiger partial charge < -0.3 is 15.1 Å². The normalized spacial score (nSPS) is 18.3. The van der Waals surface area contributed by atoms with Crippen LogP contribution in [0.3, 0.4) is 0 Å². The van der Waals surface area contributed by atoms with E-state index in [-0.39, 0.29) is 17.7 Å². The molecule has 7 nitrogen and oxygen atoms in total. The van der Waals surface area contributed by atoms with E-state index in [2.05, 4.69) is 10.2 Å². The average molecular weight is 461 g/mol. The predicted molar refractivity (Wildman–Crippen MR) is 129 cm³/mol. The first-order chi connectivity index (χ1) is 15.5. The van der Waals surface area contributed by atoms with E-state index in [1.807, 2.05) is 41.2 Å². The van der Waals surface area contributed by atoms with E-state index in [1.54, 1.807) is 17.8 Å². The molecule has 2 saturated heterocycles. The smallest absolute Gasteiger partial charge is 0.251 e. The Morgan fingerprint density at radius 2 is 1.72 bits per heavy atom. The summed E-state index contributed by atoms with van der Waals surface area (Å²) in [6.45, 7) is 6.66. The van der Waals surface area contributed by atoms with Crippen molar-refractivity contribution in [2.75, 3.05) is 57.8 Å². The Morgan fingerprint density at radius 1 is 1.00 bits per heavy atom. The van der Waals surface area contributed by atoms with Gasteiger partial charge in [-0.1, -0.05) is 17.7 Å². The lowest BCUT2D eigenvalue weighted by Gasteiger charge is -2.37. The SMILES string of the molecule is CSCCC(NC(=O)c1cccc(C)c1)C(=O)N1CCN(CC(=O)N2CCCCC2)CC1. The molecule has 0 aliphatic carbocycles. The lowest BCUT2D eigenvalue weighted by molar-refractivity contribution is -0.136. The Bertz CT molecular complexity index is 789. The van der Waals surface area contributed by atoms with Crippen molar-refractivity contribution in [1.82, 2.24) is 20.0 Å². The fourth-order valence-electron chi connectivity index (χ4n) is 4.30. The van der Waals surface area contributed by atoms with Crippen LogP contribution in [0.25, 0.3) is 0 Å². The second-order valence-electron chi connectivity index (χ2n) is 8.72. The zero-order valence-corrected chi connectivity index (χ0v) is 20.2. The minimum Gasteiger partial charge on any atom is -0.342 e. The Kier molecular flexibility index (Phi) is 9.41. The van der Waals surface area contributed by atoms with Crippen LogP contribution in [0.5, 0.6) is 0 Å². The van der Waals surface area contributed by atoms with Crippen LogP contribution in [0.1, 0.15) is 41.6 Å². The fourth-order valence-corrected chi connectivity index (χ4v) is 4.77. The van der Waals surface area contributed by atoms with E-state index < -0.39 is 6.04 Å². The summed E-state index contributed by atoms with van der Waals surface area (Å²) in [6.07, 6.45) is 6.01. The number of nitrogens with zero attached hydrogens (tertiary/aromatic N) is 3. The predicted octanol–water partition coefficient (Wildman–Crippen LogP) is 2.00. The number of rotatable bonds is 8. The van der Waals surface area contributed by atoms with Crippen molar-refractivity contribution in [2.45, 2.75) is 38.6 Å². The number of carbonyl (C=O) groups is 3. The van der Waals surface area contributed by atoms with Crippen molar-refractivity contribution in [2.24, 2.45) is 0 Å². The highest BCUT2D eigenvalue weighted by molar-refractivity contribution is 7.98. The van der Waals surface area contributed by atoms with Crippen LogP contribution >= 0.6 is 11.8 Å². The van der Waals surface area contributed by atoms with Gasteiger partial charge >= 0.3 is 0 Å². The fraction of sp³-hybridized carbons (Fsp3) is 0.625. The number of piperidine rings is 1. The first-order valence-electron chi connectivity index (χ1n) is 11.6. The maximum Gasteiger partial charge on any atom is 0.251 e. The molecule has 1 unspecified atom stereocenters. The number of piperazine rings is 1. The highest BCUT2D eigenvalue weighted by atomic mass is 32.2. The number of thioether (sulfide) groups is 1. The summed E-state index contributed by atoms with van der Waals surface area (Å²) < 4.78 is 0. The summed E-state index contributed by atoms with van der Waals surface area (Å²) in [4.78, 5) is 44.5.